The van der Waals surface area contributed by atoms with Gasteiger partial charge in [-0.15, -0.1) is 0 Å². The molecule has 1 unspecified atom stereocenters. The largest absolute Gasteiger partial charge is 0.339 e. The number of halogens is 2. The van der Waals surface area contributed by atoms with Crippen LogP contribution in [0.5, 0.6) is 0 Å². The first-order valence-corrected chi connectivity index (χ1v) is 11.7. The van der Waals surface area contributed by atoms with Crippen molar-refractivity contribution in [1.29, 1.82) is 0 Å². The normalized spacial score (nSPS) is 15.6. The number of likely N-dealkylation sites (N-methyl/N-ethyl adjacent to an activating group) is 1. The van der Waals surface area contributed by atoms with Gasteiger partial charge in [0.15, 0.2) is 0 Å². The SMILES string of the molecule is CC(C(=O)N1CCN(C(c2ccc(F)cc2)c2ccc(F)cc2)CC1)N(C)Cc1ccccc1. The number of nitrogens with zero attached hydrogens (tertiary/aromatic N) is 3. The minimum absolute atomic E-state index is 0.123. The first-order valence-electron chi connectivity index (χ1n) is 11.7. The maximum absolute atomic E-state index is 13.6. The summed E-state index contributed by atoms with van der Waals surface area (Å²) in [4.78, 5) is 19.5. The van der Waals surface area contributed by atoms with Gasteiger partial charge in [-0.2, -0.15) is 0 Å². The Kier molecular flexibility index (Phi) is 7.70. The van der Waals surface area contributed by atoms with Crippen LogP contribution < -0.4 is 0 Å². The van der Waals surface area contributed by atoms with Crippen molar-refractivity contribution in [3.05, 3.63) is 107 Å². The van der Waals surface area contributed by atoms with E-state index < -0.39 is 0 Å². The number of carbonyl (C=O) groups excluding carboxylic acids is 1. The number of hydrogen-bond acceptors (Lipinski definition) is 3. The van der Waals surface area contributed by atoms with Crippen LogP contribution >= 0.6 is 0 Å². The van der Waals surface area contributed by atoms with Crippen LogP contribution in [0.3, 0.4) is 0 Å². The summed E-state index contributed by atoms with van der Waals surface area (Å²) in [6.07, 6.45) is 0. The van der Waals surface area contributed by atoms with Crippen LogP contribution in [0.2, 0.25) is 0 Å². The van der Waals surface area contributed by atoms with Crippen molar-refractivity contribution in [3.63, 3.8) is 0 Å². The van der Waals surface area contributed by atoms with Crippen molar-refractivity contribution in [2.45, 2.75) is 25.6 Å². The minimum Gasteiger partial charge on any atom is -0.339 e. The summed E-state index contributed by atoms with van der Waals surface area (Å²) in [5, 5.41) is 0. The highest BCUT2D eigenvalue weighted by Gasteiger charge is 2.31. The van der Waals surface area contributed by atoms with Crippen molar-refractivity contribution >= 4 is 5.91 Å². The molecule has 0 N–H and O–H groups in total. The lowest BCUT2D eigenvalue weighted by Crippen LogP contribution is -2.54. The molecule has 3 aromatic carbocycles. The second-order valence-electron chi connectivity index (χ2n) is 8.94. The summed E-state index contributed by atoms with van der Waals surface area (Å²) >= 11 is 0. The number of amides is 1. The Morgan fingerprint density at radius 3 is 1.82 bits per heavy atom. The van der Waals surface area contributed by atoms with Gasteiger partial charge >= 0.3 is 0 Å². The summed E-state index contributed by atoms with van der Waals surface area (Å²) in [5.74, 6) is -0.450. The average Bonchev–Trinajstić information content (AvgIpc) is 2.86. The number of piperazine rings is 1. The highest BCUT2D eigenvalue weighted by Crippen LogP contribution is 2.30. The Hall–Kier alpha value is -3.09. The predicted molar refractivity (Wildman–Crippen MR) is 130 cm³/mol. The lowest BCUT2D eigenvalue weighted by Gasteiger charge is -2.41. The van der Waals surface area contributed by atoms with Crippen LogP contribution in [0, 0.1) is 11.6 Å². The number of hydrogen-bond donors (Lipinski definition) is 0. The molecule has 1 atom stereocenters. The molecule has 34 heavy (non-hydrogen) atoms. The van der Waals surface area contributed by atoms with E-state index in [2.05, 4.69) is 21.9 Å². The summed E-state index contributed by atoms with van der Waals surface area (Å²) in [5.41, 5.74) is 3.07. The minimum atomic E-state index is -0.286. The molecule has 178 valence electrons. The highest BCUT2D eigenvalue weighted by atomic mass is 19.1. The van der Waals surface area contributed by atoms with Gasteiger partial charge < -0.3 is 4.90 Å². The predicted octanol–water partition coefficient (Wildman–Crippen LogP) is 4.72. The third-order valence-corrected chi connectivity index (χ3v) is 6.66. The van der Waals surface area contributed by atoms with Crippen LogP contribution in [0.1, 0.15) is 29.7 Å². The lowest BCUT2D eigenvalue weighted by atomic mass is 9.96. The van der Waals surface area contributed by atoms with Crippen molar-refractivity contribution in [2.75, 3.05) is 33.2 Å². The van der Waals surface area contributed by atoms with Crippen LogP contribution in [0.4, 0.5) is 8.78 Å². The molecule has 1 saturated heterocycles. The van der Waals surface area contributed by atoms with Crippen molar-refractivity contribution in [1.82, 2.24) is 14.7 Å². The molecule has 4 rings (SSSR count). The summed E-state index contributed by atoms with van der Waals surface area (Å²) in [6, 6.07) is 22.7. The summed E-state index contributed by atoms with van der Waals surface area (Å²) < 4.78 is 27.1. The first-order chi connectivity index (χ1) is 16.4. The van der Waals surface area contributed by atoms with E-state index in [4.69, 9.17) is 0 Å². The topological polar surface area (TPSA) is 26.8 Å². The van der Waals surface area contributed by atoms with E-state index in [1.165, 1.54) is 29.8 Å². The number of carbonyl (C=O) groups is 1. The van der Waals surface area contributed by atoms with E-state index in [9.17, 15) is 13.6 Å². The molecule has 1 aliphatic rings. The molecule has 1 amide bonds. The Morgan fingerprint density at radius 1 is 0.824 bits per heavy atom. The highest BCUT2D eigenvalue weighted by molar-refractivity contribution is 5.81. The molecule has 0 aromatic heterocycles. The molecule has 1 fully saturated rings. The number of benzene rings is 3. The molecule has 0 bridgehead atoms. The van der Waals surface area contributed by atoms with Crippen molar-refractivity contribution in [3.8, 4) is 0 Å². The van der Waals surface area contributed by atoms with Gasteiger partial charge in [0, 0.05) is 32.7 Å². The summed E-state index contributed by atoms with van der Waals surface area (Å²) in [6.45, 7) is 5.26. The molecule has 0 spiro atoms. The van der Waals surface area contributed by atoms with Crippen molar-refractivity contribution in [2.24, 2.45) is 0 Å². The Bertz CT molecular complexity index is 1020. The Balaban J connectivity index is 1.43. The zero-order chi connectivity index (χ0) is 24.1. The first kappa shape index (κ1) is 24.0. The van der Waals surface area contributed by atoms with Gasteiger partial charge in [-0.05, 0) is 54.9 Å². The van der Waals surface area contributed by atoms with E-state index in [1.54, 1.807) is 24.3 Å². The van der Waals surface area contributed by atoms with E-state index in [0.717, 1.165) is 11.1 Å². The van der Waals surface area contributed by atoms with Gasteiger partial charge in [-0.3, -0.25) is 14.6 Å². The maximum Gasteiger partial charge on any atom is 0.239 e. The molecule has 3 aromatic rings. The maximum atomic E-state index is 13.6. The zero-order valence-electron chi connectivity index (χ0n) is 19.7. The third-order valence-electron chi connectivity index (χ3n) is 6.66. The van der Waals surface area contributed by atoms with Gasteiger partial charge in [0.25, 0.3) is 0 Å². The van der Waals surface area contributed by atoms with E-state index in [1.807, 2.05) is 37.1 Å². The van der Waals surface area contributed by atoms with Gasteiger partial charge in [0.2, 0.25) is 5.91 Å². The summed E-state index contributed by atoms with van der Waals surface area (Å²) in [7, 11) is 1.98. The van der Waals surface area contributed by atoms with E-state index in [0.29, 0.717) is 32.7 Å². The Labute approximate surface area is 200 Å². The Morgan fingerprint density at radius 2 is 1.32 bits per heavy atom. The zero-order valence-corrected chi connectivity index (χ0v) is 19.7. The van der Waals surface area contributed by atoms with E-state index in [-0.39, 0.29) is 29.6 Å². The fourth-order valence-corrected chi connectivity index (χ4v) is 4.57. The van der Waals surface area contributed by atoms with Crippen molar-refractivity contribution < 1.29 is 13.6 Å². The molecular weight excluding hydrogens is 432 g/mol. The molecule has 4 nitrogen and oxygen atoms in total. The second-order valence-corrected chi connectivity index (χ2v) is 8.94. The van der Waals surface area contributed by atoms with Crippen LogP contribution in [-0.2, 0) is 11.3 Å². The third kappa shape index (κ3) is 5.69. The molecule has 0 radical (unpaired) electrons. The molecule has 0 aliphatic carbocycles. The van der Waals surface area contributed by atoms with E-state index >= 15 is 0 Å². The van der Waals surface area contributed by atoms with Crippen LogP contribution in [0.25, 0.3) is 0 Å². The standard InChI is InChI=1S/C28H31F2N3O/c1-21(31(2)20-22-6-4-3-5-7-22)28(34)33-18-16-32(17-19-33)27(23-8-12-25(29)13-9-23)24-10-14-26(30)15-11-24/h3-15,21,27H,16-20H2,1-2H3. The van der Waals surface area contributed by atoms with Crippen LogP contribution in [0.15, 0.2) is 78.9 Å². The second kappa shape index (κ2) is 10.9. The van der Waals surface area contributed by atoms with Gasteiger partial charge in [0.05, 0.1) is 12.1 Å². The lowest BCUT2D eigenvalue weighted by molar-refractivity contribution is -0.138. The quantitative estimate of drug-likeness (QED) is 0.507. The molecule has 6 heteroatoms. The van der Waals surface area contributed by atoms with Crippen LogP contribution in [-0.4, -0.2) is 59.9 Å². The average molecular weight is 464 g/mol. The van der Waals surface area contributed by atoms with Gasteiger partial charge in [0.1, 0.15) is 11.6 Å². The fraction of sp³-hybridized carbons (Fsp3) is 0.321. The molecule has 0 saturated carbocycles. The monoisotopic (exact) mass is 463 g/mol. The smallest absolute Gasteiger partial charge is 0.239 e. The fourth-order valence-electron chi connectivity index (χ4n) is 4.57. The molecular formula is C28H31F2N3O. The molecule has 1 aliphatic heterocycles. The van der Waals surface area contributed by atoms with Gasteiger partial charge in [-0.1, -0.05) is 54.6 Å². The molecule has 1 heterocycles. The number of rotatable bonds is 7. The van der Waals surface area contributed by atoms with Gasteiger partial charge in [-0.25, -0.2) is 8.78 Å².